The molecule has 0 aromatic rings. The highest BCUT2D eigenvalue weighted by molar-refractivity contribution is 6.00. The van der Waals surface area contributed by atoms with Crippen molar-refractivity contribution >= 4 is 23.3 Å². The smallest absolute Gasteiger partial charge is 0.308 e. The third-order valence-corrected chi connectivity index (χ3v) is 11.7. The predicted molar refractivity (Wildman–Crippen MR) is 140 cm³/mol. The number of methoxy groups -OCH3 is 1. The minimum absolute atomic E-state index is 0.0118. The zero-order chi connectivity index (χ0) is 27.7. The van der Waals surface area contributed by atoms with Crippen molar-refractivity contribution < 1.29 is 29.0 Å². The summed E-state index contributed by atoms with van der Waals surface area (Å²) in [7, 11) is 1.33. The Morgan fingerprint density at radius 2 is 1.70 bits per heavy atom. The Hall–Kier alpha value is -1.82. The van der Waals surface area contributed by atoms with Gasteiger partial charge in [0.05, 0.1) is 19.1 Å². The summed E-state index contributed by atoms with van der Waals surface area (Å²) in [6, 6.07) is 0. The standard InChI is InChI=1S/C31H46O6/c1-17(13-19(32)14-18(2)27(36)37-8)21-15-25(35)31(7)20-9-10-23-28(3,4)24(34)11-12-29(23,5)26(20)22(33)16-30(21,31)6/h17-18,21,23,25,35H,9-16H2,1-8H3/t17-,18+,21+,23-,25-,29-,30+,31+/m0/s1. The molecule has 6 nitrogen and oxygen atoms in total. The summed E-state index contributed by atoms with van der Waals surface area (Å²) in [5.41, 5.74) is 0.203. The van der Waals surface area contributed by atoms with Gasteiger partial charge in [0, 0.05) is 47.5 Å². The van der Waals surface area contributed by atoms with E-state index in [0.717, 1.165) is 24.0 Å². The molecule has 37 heavy (non-hydrogen) atoms. The fourth-order valence-corrected chi connectivity index (χ4v) is 9.46. The number of carbonyl (C=O) groups is 4. The highest BCUT2D eigenvalue weighted by Crippen LogP contribution is 2.71. The summed E-state index contributed by atoms with van der Waals surface area (Å²) < 4.78 is 4.77. The van der Waals surface area contributed by atoms with E-state index in [0.29, 0.717) is 37.9 Å². The van der Waals surface area contributed by atoms with E-state index in [-0.39, 0.29) is 47.1 Å². The number of aliphatic hydroxyl groups is 1. The summed E-state index contributed by atoms with van der Waals surface area (Å²) >= 11 is 0. The maximum Gasteiger partial charge on any atom is 0.308 e. The molecule has 0 spiro atoms. The van der Waals surface area contributed by atoms with Crippen LogP contribution >= 0.6 is 0 Å². The summed E-state index contributed by atoms with van der Waals surface area (Å²) in [5, 5.41) is 11.7. The highest BCUT2D eigenvalue weighted by Gasteiger charge is 2.68. The number of rotatable bonds is 6. The molecule has 1 N–H and O–H groups in total. The van der Waals surface area contributed by atoms with Gasteiger partial charge in [0.25, 0.3) is 0 Å². The van der Waals surface area contributed by atoms with Crippen molar-refractivity contribution in [1.29, 1.82) is 0 Å². The average Bonchev–Trinajstić information content (AvgIpc) is 3.02. The van der Waals surface area contributed by atoms with E-state index in [1.165, 1.54) is 7.11 Å². The first-order chi connectivity index (χ1) is 17.1. The number of ether oxygens (including phenoxy) is 1. The largest absolute Gasteiger partial charge is 0.469 e. The van der Waals surface area contributed by atoms with Crippen molar-refractivity contribution in [1.82, 2.24) is 0 Å². The van der Waals surface area contributed by atoms with Gasteiger partial charge in [-0.3, -0.25) is 19.2 Å². The van der Waals surface area contributed by atoms with Crippen LogP contribution in [-0.2, 0) is 23.9 Å². The van der Waals surface area contributed by atoms with E-state index < -0.39 is 28.3 Å². The second kappa shape index (κ2) is 9.14. The first-order valence-corrected chi connectivity index (χ1v) is 14.1. The van der Waals surface area contributed by atoms with Gasteiger partial charge in [0.2, 0.25) is 0 Å². The zero-order valence-corrected chi connectivity index (χ0v) is 24.0. The van der Waals surface area contributed by atoms with Crippen molar-refractivity contribution in [3.05, 3.63) is 11.1 Å². The second-order valence-corrected chi connectivity index (χ2v) is 13.9. The number of hydrogen-bond acceptors (Lipinski definition) is 6. The lowest BCUT2D eigenvalue weighted by molar-refractivity contribution is -0.146. The monoisotopic (exact) mass is 514 g/mol. The zero-order valence-electron chi connectivity index (χ0n) is 24.0. The van der Waals surface area contributed by atoms with Crippen LogP contribution in [0, 0.1) is 45.3 Å². The van der Waals surface area contributed by atoms with Gasteiger partial charge in [-0.1, -0.05) is 54.0 Å². The lowest BCUT2D eigenvalue weighted by Crippen LogP contribution is -2.57. The van der Waals surface area contributed by atoms with E-state index in [2.05, 4.69) is 27.7 Å². The molecule has 0 aliphatic heterocycles. The Balaban J connectivity index is 1.67. The van der Waals surface area contributed by atoms with Gasteiger partial charge in [0.15, 0.2) is 5.78 Å². The Bertz CT molecular complexity index is 1050. The minimum atomic E-state index is -0.592. The molecule has 0 aromatic heterocycles. The predicted octanol–water partition coefficient (Wildman–Crippen LogP) is 5.25. The van der Waals surface area contributed by atoms with Gasteiger partial charge in [0.1, 0.15) is 11.6 Å². The normalized spacial score (nSPS) is 40.4. The lowest BCUT2D eigenvalue weighted by atomic mass is 9.43. The molecule has 6 heteroatoms. The van der Waals surface area contributed by atoms with E-state index >= 15 is 0 Å². The molecule has 2 saturated carbocycles. The van der Waals surface area contributed by atoms with E-state index in [4.69, 9.17) is 4.74 Å². The van der Waals surface area contributed by atoms with E-state index in [1.807, 2.05) is 13.8 Å². The number of esters is 1. The average molecular weight is 515 g/mol. The Morgan fingerprint density at radius 3 is 2.32 bits per heavy atom. The first-order valence-electron chi connectivity index (χ1n) is 14.1. The van der Waals surface area contributed by atoms with Crippen molar-refractivity contribution in [3.8, 4) is 0 Å². The second-order valence-electron chi connectivity index (χ2n) is 13.9. The molecular weight excluding hydrogens is 468 g/mol. The van der Waals surface area contributed by atoms with Crippen LogP contribution < -0.4 is 0 Å². The molecule has 0 unspecified atom stereocenters. The molecule has 4 rings (SSSR count). The maximum absolute atomic E-state index is 14.1. The summed E-state index contributed by atoms with van der Waals surface area (Å²) in [5.74, 6) is -0.272. The molecule has 0 amide bonds. The van der Waals surface area contributed by atoms with Crippen molar-refractivity contribution in [2.75, 3.05) is 7.11 Å². The van der Waals surface area contributed by atoms with Gasteiger partial charge in [-0.2, -0.15) is 0 Å². The molecule has 0 bridgehead atoms. The fraction of sp³-hybridized carbons (Fsp3) is 0.806. The fourth-order valence-electron chi connectivity index (χ4n) is 9.46. The molecular formula is C31H46O6. The molecule has 0 aromatic carbocycles. The number of aliphatic hydroxyl groups excluding tert-OH is 1. The number of fused-ring (bicyclic) bond motifs is 4. The summed E-state index contributed by atoms with van der Waals surface area (Å²) in [6.45, 7) is 14.3. The molecule has 8 atom stereocenters. The molecule has 0 heterocycles. The molecule has 4 aliphatic carbocycles. The highest BCUT2D eigenvalue weighted by atomic mass is 16.5. The number of allylic oxidation sites excluding steroid dienone is 1. The SMILES string of the molecule is COC(=O)[C@H](C)CC(=O)C[C@H](C)[C@H]1C[C@H](O)[C@@]2(C)C3=C(C(=O)C[C@]12C)[C@@]1(C)CCC(=O)C(C)(C)[C@@H]1CC3. The van der Waals surface area contributed by atoms with Crippen molar-refractivity contribution in [3.63, 3.8) is 0 Å². The number of ketones is 3. The Labute approximate surface area is 222 Å². The third-order valence-electron chi connectivity index (χ3n) is 11.7. The van der Waals surface area contributed by atoms with Gasteiger partial charge in [-0.05, 0) is 48.9 Å². The number of carbonyl (C=O) groups excluding carboxylic acids is 4. The van der Waals surface area contributed by atoms with Gasteiger partial charge in [-0.15, -0.1) is 0 Å². The van der Waals surface area contributed by atoms with Gasteiger partial charge >= 0.3 is 5.97 Å². The lowest BCUT2D eigenvalue weighted by Gasteiger charge is -2.60. The molecule has 2 fully saturated rings. The van der Waals surface area contributed by atoms with Crippen LogP contribution in [0.5, 0.6) is 0 Å². The number of hydrogen-bond donors (Lipinski definition) is 1. The van der Waals surface area contributed by atoms with Crippen molar-refractivity contribution in [2.24, 2.45) is 45.3 Å². The van der Waals surface area contributed by atoms with Crippen LogP contribution in [0.2, 0.25) is 0 Å². The Morgan fingerprint density at radius 1 is 1.05 bits per heavy atom. The molecule has 0 radical (unpaired) electrons. The maximum atomic E-state index is 14.1. The number of Topliss-reactive ketones (excluding diaryl/α,β-unsaturated/α-hetero) is 3. The van der Waals surface area contributed by atoms with Gasteiger partial charge < -0.3 is 9.84 Å². The third kappa shape index (κ3) is 3.91. The van der Waals surface area contributed by atoms with E-state index in [1.54, 1.807) is 6.92 Å². The summed E-state index contributed by atoms with van der Waals surface area (Å²) in [6.07, 6.45) is 3.56. The van der Waals surface area contributed by atoms with Crippen LogP contribution in [0.4, 0.5) is 0 Å². The van der Waals surface area contributed by atoms with Crippen LogP contribution in [0.3, 0.4) is 0 Å². The van der Waals surface area contributed by atoms with Crippen molar-refractivity contribution in [2.45, 2.75) is 106 Å². The Kier molecular flexibility index (Phi) is 6.96. The molecule has 206 valence electrons. The molecule has 4 aliphatic rings. The van der Waals surface area contributed by atoms with Crippen LogP contribution in [-0.4, -0.2) is 41.6 Å². The van der Waals surface area contributed by atoms with Crippen LogP contribution in [0.15, 0.2) is 11.1 Å². The van der Waals surface area contributed by atoms with Crippen LogP contribution in [0.25, 0.3) is 0 Å². The first kappa shape index (κ1) is 28.2. The quantitative estimate of drug-likeness (QED) is 0.486. The topological polar surface area (TPSA) is 97.7 Å². The summed E-state index contributed by atoms with van der Waals surface area (Å²) in [4.78, 5) is 51.6. The molecule has 0 saturated heterocycles. The van der Waals surface area contributed by atoms with Crippen LogP contribution in [0.1, 0.15) is 99.8 Å². The minimum Gasteiger partial charge on any atom is -0.469 e. The van der Waals surface area contributed by atoms with E-state index in [9.17, 15) is 24.3 Å². The van der Waals surface area contributed by atoms with Gasteiger partial charge in [-0.25, -0.2) is 0 Å².